The lowest BCUT2D eigenvalue weighted by Crippen LogP contribution is -2.45. The van der Waals surface area contributed by atoms with E-state index < -0.39 is 12.1 Å². The summed E-state index contributed by atoms with van der Waals surface area (Å²) in [5, 5.41) is 23.0. The second-order valence-electron chi connectivity index (χ2n) is 16.8. The average Bonchev–Trinajstić information content (AvgIpc) is 3.22. The van der Waals surface area contributed by atoms with Crippen LogP contribution in [0.4, 0.5) is 0 Å². The van der Waals surface area contributed by atoms with E-state index in [1.165, 1.54) is 141 Å². The molecular weight excluding hydrogens is 719 g/mol. The third kappa shape index (κ3) is 43.4. The Balaban J connectivity index is 3.58. The molecule has 0 aliphatic rings. The molecule has 6 heteroatoms. The van der Waals surface area contributed by atoms with Gasteiger partial charge in [-0.2, -0.15) is 0 Å². The highest BCUT2D eigenvalue weighted by Gasteiger charge is 2.17. The number of hydrogen-bond acceptors (Lipinski definition) is 5. The predicted molar refractivity (Wildman–Crippen MR) is 250 cm³/mol. The lowest BCUT2D eigenvalue weighted by molar-refractivity contribution is -0.143. The Labute approximate surface area is 359 Å². The largest absolute Gasteiger partial charge is 0.466 e. The Hall–Kier alpha value is -2.18. The van der Waals surface area contributed by atoms with Crippen LogP contribution >= 0.6 is 0 Å². The highest BCUT2D eigenvalue weighted by Crippen LogP contribution is 2.14. The third-order valence-corrected chi connectivity index (χ3v) is 11.1. The molecule has 0 aromatic rings. The van der Waals surface area contributed by atoms with Crippen molar-refractivity contribution in [2.45, 2.75) is 257 Å². The molecule has 0 radical (unpaired) electrons. The van der Waals surface area contributed by atoms with Crippen LogP contribution < -0.4 is 5.32 Å². The zero-order valence-corrected chi connectivity index (χ0v) is 38.3. The summed E-state index contributed by atoms with van der Waals surface area (Å²) in [5.74, 6) is -0.177. The highest BCUT2D eigenvalue weighted by atomic mass is 16.5. The Morgan fingerprint density at radius 3 is 1.38 bits per heavy atom. The van der Waals surface area contributed by atoms with Gasteiger partial charge in [0.2, 0.25) is 5.91 Å². The van der Waals surface area contributed by atoms with Gasteiger partial charge in [-0.1, -0.05) is 197 Å². The summed E-state index contributed by atoms with van der Waals surface area (Å²) in [4.78, 5) is 24.4. The lowest BCUT2D eigenvalue weighted by atomic mass is 10.0. The van der Waals surface area contributed by atoms with Crippen LogP contribution in [0.2, 0.25) is 0 Å². The van der Waals surface area contributed by atoms with Crippen LogP contribution in [0.25, 0.3) is 0 Å². The van der Waals surface area contributed by atoms with E-state index in [1.807, 2.05) is 6.08 Å². The molecular formula is C52H95NO5. The number of nitrogens with one attached hydrogen (secondary N) is 1. The zero-order chi connectivity index (χ0) is 42.3. The Kier molecular flexibility index (Phi) is 45.7. The first-order chi connectivity index (χ1) is 28.5. The van der Waals surface area contributed by atoms with Crippen molar-refractivity contribution in [2.75, 3.05) is 13.2 Å². The van der Waals surface area contributed by atoms with E-state index in [9.17, 15) is 19.8 Å². The fourth-order valence-corrected chi connectivity index (χ4v) is 7.19. The average molecular weight is 814 g/mol. The molecule has 2 unspecified atom stereocenters. The number of aliphatic hydroxyl groups excluding tert-OH is 2. The van der Waals surface area contributed by atoms with Gasteiger partial charge in [-0.15, -0.1) is 0 Å². The summed E-state index contributed by atoms with van der Waals surface area (Å²) in [6, 6.07) is -0.666. The molecule has 0 spiro atoms. The number of allylic oxidation sites excluding steroid dienone is 7. The van der Waals surface area contributed by atoms with Gasteiger partial charge in [0, 0.05) is 12.8 Å². The lowest BCUT2D eigenvalue weighted by Gasteiger charge is -2.19. The predicted octanol–water partition coefficient (Wildman–Crippen LogP) is 14.7. The van der Waals surface area contributed by atoms with Gasteiger partial charge in [0.05, 0.1) is 25.4 Å². The van der Waals surface area contributed by atoms with Crippen LogP contribution in [0.3, 0.4) is 0 Å². The second kappa shape index (κ2) is 47.5. The number of carbonyl (C=O) groups is 2. The fraction of sp³-hybridized carbons (Fsp3) is 0.808. The first-order valence-corrected chi connectivity index (χ1v) is 24.9. The van der Waals surface area contributed by atoms with Crippen molar-refractivity contribution in [2.24, 2.45) is 0 Å². The van der Waals surface area contributed by atoms with Gasteiger partial charge in [-0.25, -0.2) is 0 Å². The molecule has 0 aromatic carbocycles. The quantitative estimate of drug-likeness (QED) is 0.0323. The smallest absolute Gasteiger partial charge is 0.305 e. The maximum absolute atomic E-state index is 12.4. The molecule has 0 fully saturated rings. The van der Waals surface area contributed by atoms with Crippen LogP contribution in [-0.2, 0) is 14.3 Å². The van der Waals surface area contributed by atoms with Gasteiger partial charge in [0.1, 0.15) is 0 Å². The molecule has 0 saturated heterocycles. The summed E-state index contributed by atoms with van der Waals surface area (Å²) in [7, 11) is 0. The minimum Gasteiger partial charge on any atom is -0.466 e. The molecule has 338 valence electrons. The van der Waals surface area contributed by atoms with E-state index in [-0.39, 0.29) is 18.5 Å². The molecule has 0 rings (SSSR count). The minimum atomic E-state index is -0.876. The van der Waals surface area contributed by atoms with Crippen LogP contribution in [0.5, 0.6) is 0 Å². The number of rotatable bonds is 45. The van der Waals surface area contributed by atoms with Crippen LogP contribution in [0, 0.1) is 0 Å². The molecule has 6 nitrogen and oxygen atoms in total. The van der Waals surface area contributed by atoms with Crippen LogP contribution in [0.1, 0.15) is 245 Å². The molecule has 58 heavy (non-hydrogen) atoms. The van der Waals surface area contributed by atoms with Gasteiger partial charge in [-0.05, 0) is 83.5 Å². The molecule has 0 saturated carbocycles. The van der Waals surface area contributed by atoms with Crippen molar-refractivity contribution in [3.05, 3.63) is 48.6 Å². The van der Waals surface area contributed by atoms with Crippen molar-refractivity contribution < 1.29 is 24.5 Å². The number of carbonyl (C=O) groups excluding carboxylic acids is 2. The minimum absolute atomic E-state index is 0.0464. The first-order valence-electron chi connectivity index (χ1n) is 24.9. The molecule has 0 aliphatic carbocycles. The Morgan fingerprint density at radius 1 is 0.483 bits per heavy atom. The van der Waals surface area contributed by atoms with Crippen molar-refractivity contribution in [3.63, 3.8) is 0 Å². The topological polar surface area (TPSA) is 95.9 Å². The third-order valence-electron chi connectivity index (χ3n) is 11.1. The molecule has 0 bridgehead atoms. The van der Waals surface area contributed by atoms with E-state index in [0.717, 1.165) is 77.0 Å². The molecule has 0 aromatic heterocycles. The van der Waals surface area contributed by atoms with E-state index in [4.69, 9.17) is 4.74 Å². The van der Waals surface area contributed by atoms with E-state index in [0.29, 0.717) is 19.4 Å². The van der Waals surface area contributed by atoms with Crippen molar-refractivity contribution in [3.8, 4) is 0 Å². The summed E-state index contributed by atoms with van der Waals surface area (Å²) in [5.41, 5.74) is 0. The highest BCUT2D eigenvalue weighted by molar-refractivity contribution is 5.76. The van der Waals surface area contributed by atoms with Crippen molar-refractivity contribution in [1.29, 1.82) is 0 Å². The normalized spacial score (nSPS) is 13.1. The van der Waals surface area contributed by atoms with Crippen molar-refractivity contribution >= 4 is 11.9 Å². The second-order valence-corrected chi connectivity index (χ2v) is 16.8. The summed E-state index contributed by atoms with van der Waals surface area (Å²) >= 11 is 0. The fourth-order valence-electron chi connectivity index (χ4n) is 7.19. The molecule has 3 N–H and O–H groups in total. The maximum Gasteiger partial charge on any atom is 0.305 e. The monoisotopic (exact) mass is 814 g/mol. The van der Waals surface area contributed by atoms with Gasteiger partial charge in [-0.3, -0.25) is 9.59 Å². The number of unbranched alkanes of at least 4 members (excludes halogenated alkanes) is 28. The number of esters is 1. The molecule has 0 heterocycles. The molecule has 2 atom stereocenters. The van der Waals surface area contributed by atoms with Gasteiger partial charge in [0.15, 0.2) is 0 Å². The van der Waals surface area contributed by atoms with Gasteiger partial charge >= 0.3 is 5.97 Å². The van der Waals surface area contributed by atoms with E-state index in [2.05, 4.69) is 55.6 Å². The summed E-state index contributed by atoms with van der Waals surface area (Å²) in [6.07, 6.45) is 58.2. The number of hydrogen-bond donors (Lipinski definition) is 3. The van der Waals surface area contributed by atoms with E-state index in [1.54, 1.807) is 6.08 Å². The maximum atomic E-state index is 12.4. The summed E-state index contributed by atoms with van der Waals surface area (Å²) < 4.78 is 5.44. The van der Waals surface area contributed by atoms with Gasteiger partial charge < -0.3 is 20.3 Å². The first kappa shape index (κ1) is 55.8. The molecule has 1 amide bonds. The Bertz CT molecular complexity index is 988. The Morgan fingerprint density at radius 2 is 0.879 bits per heavy atom. The standard InChI is InChI=1S/C52H95NO5/c1-3-5-7-9-11-13-15-17-19-20-21-22-24-26-30-34-38-42-46-52(57)58-47-43-39-35-31-27-29-33-37-41-45-51(56)53-49(48-54)50(55)44-40-36-32-28-25-23-18-16-14-12-10-8-6-4-2/h13,15,19-20,29,33,40,44,49-50,54-55H,3-12,14,16-18,21-28,30-32,34-39,41-43,45-48H2,1-2H3,(H,53,56)/b15-13-,20-19-,33-29-,44-40+. The van der Waals surface area contributed by atoms with Gasteiger partial charge in [0.25, 0.3) is 0 Å². The van der Waals surface area contributed by atoms with Crippen molar-refractivity contribution in [1.82, 2.24) is 5.32 Å². The zero-order valence-electron chi connectivity index (χ0n) is 38.3. The number of aliphatic hydroxyl groups is 2. The van der Waals surface area contributed by atoms with Crippen LogP contribution in [0.15, 0.2) is 48.6 Å². The van der Waals surface area contributed by atoms with E-state index >= 15 is 0 Å². The number of ether oxygens (including phenoxy) is 1. The SMILES string of the molecule is CCCCCC/C=C\C/C=C\CCCCCCCCCC(=O)OCCCCCC/C=C\CCCC(=O)NC(CO)C(O)/C=C/CCCCCCCCCCCCCC. The van der Waals surface area contributed by atoms with Crippen LogP contribution in [-0.4, -0.2) is 47.4 Å². The number of amides is 1. The molecule has 0 aliphatic heterocycles. The summed E-state index contributed by atoms with van der Waals surface area (Å²) in [6.45, 7) is 4.77.